The summed E-state index contributed by atoms with van der Waals surface area (Å²) in [6, 6.07) is 0. The Bertz CT molecular complexity index is 373. The third-order valence-corrected chi connectivity index (χ3v) is 3.34. The summed E-state index contributed by atoms with van der Waals surface area (Å²) in [6.45, 7) is 0. The maximum Gasteiger partial charge on any atom is 0.150 e. The molecule has 4 nitrogen and oxygen atoms in total. The summed E-state index contributed by atoms with van der Waals surface area (Å²) < 4.78 is 5.37. The number of aromatic nitrogens is 1. The van der Waals surface area contributed by atoms with Crippen LogP contribution in [-0.4, -0.2) is 12.1 Å². The van der Waals surface area contributed by atoms with Gasteiger partial charge in [0, 0.05) is 5.56 Å². The van der Waals surface area contributed by atoms with Crippen molar-refractivity contribution in [2.24, 2.45) is 0 Å². The molecule has 88 valence electrons. The molecule has 0 aliphatic heterocycles. The molecule has 1 saturated carbocycles. The van der Waals surface area contributed by atoms with Gasteiger partial charge in [-0.2, -0.15) is 0 Å². The van der Waals surface area contributed by atoms with Gasteiger partial charge in [0.1, 0.15) is 11.6 Å². The summed E-state index contributed by atoms with van der Waals surface area (Å²) in [4.78, 5) is 4.14. The van der Waals surface area contributed by atoms with E-state index in [-0.39, 0.29) is 0 Å². The van der Waals surface area contributed by atoms with Gasteiger partial charge >= 0.3 is 0 Å². The fourth-order valence-electron chi connectivity index (χ4n) is 2.55. The van der Waals surface area contributed by atoms with E-state index in [1.807, 2.05) is 0 Å². The Morgan fingerprint density at radius 2 is 1.94 bits per heavy atom. The lowest BCUT2D eigenvalue weighted by Crippen LogP contribution is -2.11. The monoisotopic (exact) mass is 221 g/mol. The SMILES string of the molecule is COc1c(N)cnc(N)c1C1CCCCC1. The quantitative estimate of drug-likeness (QED) is 0.803. The number of ether oxygens (including phenoxy) is 1. The van der Waals surface area contributed by atoms with Gasteiger partial charge in [0.2, 0.25) is 0 Å². The lowest BCUT2D eigenvalue weighted by atomic mass is 9.83. The summed E-state index contributed by atoms with van der Waals surface area (Å²) in [5.41, 5.74) is 13.4. The summed E-state index contributed by atoms with van der Waals surface area (Å²) in [6.07, 6.45) is 7.70. The average molecular weight is 221 g/mol. The van der Waals surface area contributed by atoms with Crippen LogP contribution >= 0.6 is 0 Å². The van der Waals surface area contributed by atoms with Gasteiger partial charge in [0.25, 0.3) is 0 Å². The Hall–Kier alpha value is -1.45. The number of hydrogen-bond donors (Lipinski definition) is 2. The van der Waals surface area contributed by atoms with Gasteiger partial charge in [-0.15, -0.1) is 0 Å². The predicted molar refractivity (Wildman–Crippen MR) is 65.4 cm³/mol. The molecule has 0 spiro atoms. The van der Waals surface area contributed by atoms with Crippen molar-refractivity contribution in [1.29, 1.82) is 0 Å². The van der Waals surface area contributed by atoms with Gasteiger partial charge in [-0.1, -0.05) is 19.3 Å². The van der Waals surface area contributed by atoms with E-state index >= 15 is 0 Å². The zero-order chi connectivity index (χ0) is 11.5. The number of pyridine rings is 1. The van der Waals surface area contributed by atoms with Crippen molar-refractivity contribution in [2.75, 3.05) is 18.6 Å². The minimum Gasteiger partial charge on any atom is -0.494 e. The van der Waals surface area contributed by atoms with Crippen molar-refractivity contribution in [2.45, 2.75) is 38.0 Å². The molecule has 1 aromatic heterocycles. The van der Waals surface area contributed by atoms with Crippen molar-refractivity contribution in [3.05, 3.63) is 11.8 Å². The minimum atomic E-state index is 0.458. The first-order valence-corrected chi connectivity index (χ1v) is 5.82. The van der Waals surface area contributed by atoms with Crippen molar-refractivity contribution < 1.29 is 4.74 Å². The second-order valence-corrected chi connectivity index (χ2v) is 4.38. The molecule has 1 fully saturated rings. The lowest BCUT2D eigenvalue weighted by molar-refractivity contribution is 0.389. The van der Waals surface area contributed by atoms with E-state index < -0.39 is 0 Å². The topological polar surface area (TPSA) is 74.2 Å². The summed E-state index contributed by atoms with van der Waals surface area (Å²) in [5, 5.41) is 0. The molecule has 1 aliphatic rings. The van der Waals surface area contributed by atoms with Crippen LogP contribution in [0, 0.1) is 0 Å². The van der Waals surface area contributed by atoms with Crippen LogP contribution in [0.1, 0.15) is 43.6 Å². The first kappa shape index (κ1) is 11.0. The summed E-state index contributed by atoms with van der Waals surface area (Å²) in [7, 11) is 1.64. The normalized spacial score (nSPS) is 17.3. The molecule has 0 unspecified atom stereocenters. The number of nitrogens with two attached hydrogens (primary N) is 2. The van der Waals surface area contributed by atoms with Gasteiger partial charge in [-0.05, 0) is 18.8 Å². The molecule has 0 amide bonds. The molecule has 0 radical (unpaired) electrons. The van der Waals surface area contributed by atoms with Crippen LogP contribution in [0.25, 0.3) is 0 Å². The lowest BCUT2D eigenvalue weighted by Gasteiger charge is -2.25. The number of anilines is 2. The standard InChI is InChI=1S/C12H19N3O/c1-16-11-9(13)7-15-12(14)10(11)8-5-3-2-4-6-8/h7-8H,2-6,13H2,1H3,(H2,14,15). The maximum absolute atomic E-state index is 5.95. The molecule has 4 heteroatoms. The molecule has 16 heavy (non-hydrogen) atoms. The van der Waals surface area contributed by atoms with Crippen LogP contribution in [0.3, 0.4) is 0 Å². The number of methoxy groups -OCH3 is 1. The van der Waals surface area contributed by atoms with Gasteiger partial charge in [-0.3, -0.25) is 0 Å². The van der Waals surface area contributed by atoms with Crippen LogP contribution in [0.4, 0.5) is 11.5 Å². The third-order valence-electron chi connectivity index (χ3n) is 3.34. The van der Waals surface area contributed by atoms with Crippen LogP contribution in [0.5, 0.6) is 5.75 Å². The molecule has 0 atom stereocenters. The van der Waals surface area contributed by atoms with Gasteiger partial charge in [0.05, 0.1) is 19.0 Å². The van der Waals surface area contributed by atoms with E-state index in [0.29, 0.717) is 17.4 Å². The van der Waals surface area contributed by atoms with Crippen LogP contribution in [0.15, 0.2) is 6.20 Å². The van der Waals surface area contributed by atoms with E-state index in [9.17, 15) is 0 Å². The van der Waals surface area contributed by atoms with Gasteiger partial charge < -0.3 is 16.2 Å². The van der Waals surface area contributed by atoms with E-state index in [4.69, 9.17) is 16.2 Å². The number of rotatable bonds is 2. The third kappa shape index (κ3) is 1.92. The van der Waals surface area contributed by atoms with E-state index in [2.05, 4.69) is 4.98 Å². The Labute approximate surface area is 96.0 Å². The first-order valence-electron chi connectivity index (χ1n) is 5.82. The highest BCUT2D eigenvalue weighted by Gasteiger charge is 2.23. The van der Waals surface area contributed by atoms with Gasteiger partial charge in [-0.25, -0.2) is 4.98 Å². The van der Waals surface area contributed by atoms with Crippen molar-refractivity contribution >= 4 is 11.5 Å². The first-order chi connectivity index (χ1) is 7.74. The molecule has 1 aromatic rings. The number of nitrogen functional groups attached to an aromatic ring is 2. The van der Waals surface area contributed by atoms with E-state index in [1.54, 1.807) is 13.3 Å². The minimum absolute atomic E-state index is 0.458. The van der Waals surface area contributed by atoms with Crippen molar-refractivity contribution in [1.82, 2.24) is 4.98 Å². The fourth-order valence-corrected chi connectivity index (χ4v) is 2.55. The van der Waals surface area contributed by atoms with Crippen LogP contribution in [-0.2, 0) is 0 Å². The van der Waals surface area contributed by atoms with E-state index in [1.165, 1.54) is 19.3 Å². The van der Waals surface area contributed by atoms with E-state index in [0.717, 1.165) is 24.2 Å². The van der Waals surface area contributed by atoms with Crippen molar-refractivity contribution in [3.8, 4) is 5.75 Å². The zero-order valence-electron chi connectivity index (χ0n) is 9.70. The molecule has 0 aromatic carbocycles. The Kier molecular flexibility index (Phi) is 3.17. The molecule has 1 aliphatic carbocycles. The average Bonchev–Trinajstić information content (AvgIpc) is 2.33. The highest BCUT2D eigenvalue weighted by Crippen LogP contribution is 2.42. The highest BCUT2D eigenvalue weighted by molar-refractivity contribution is 5.63. The number of nitrogens with zero attached hydrogens (tertiary/aromatic N) is 1. The molecular formula is C12H19N3O. The summed E-state index contributed by atoms with van der Waals surface area (Å²) >= 11 is 0. The highest BCUT2D eigenvalue weighted by atomic mass is 16.5. The summed E-state index contributed by atoms with van der Waals surface area (Å²) in [5.74, 6) is 1.75. The van der Waals surface area contributed by atoms with Crippen LogP contribution < -0.4 is 16.2 Å². The Morgan fingerprint density at radius 3 is 2.56 bits per heavy atom. The Morgan fingerprint density at radius 1 is 1.25 bits per heavy atom. The molecule has 2 rings (SSSR count). The smallest absolute Gasteiger partial charge is 0.150 e. The van der Waals surface area contributed by atoms with Crippen molar-refractivity contribution in [3.63, 3.8) is 0 Å². The zero-order valence-corrected chi connectivity index (χ0v) is 9.70. The molecule has 4 N–H and O–H groups in total. The fraction of sp³-hybridized carbons (Fsp3) is 0.583. The second-order valence-electron chi connectivity index (χ2n) is 4.38. The Balaban J connectivity index is 2.40. The van der Waals surface area contributed by atoms with Crippen LogP contribution in [0.2, 0.25) is 0 Å². The second kappa shape index (κ2) is 4.60. The largest absolute Gasteiger partial charge is 0.494 e. The molecule has 1 heterocycles. The van der Waals surface area contributed by atoms with Gasteiger partial charge in [0.15, 0.2) is 0 Å². The molecular weight excluding hydrogens is 202 g/mol. The predicted octanol–water partition coefficient (Wildman–Crippen LogP) is 2.30. The number of hydrogen-bond acceptors (Lipinski definition) is 4. The molecule has 0 saturated heterocycles. The molecule has 0 bridgehead atoms. The maximum atomic E-state index is 5.95.